The van der Waals surface area contributed by atoms with Crippen molar-refractivity contribution in [2.24, 2.45) is 4.99 Å². The second kappa shape index (κ2) is 8.53. The van der Waals surface area contributed by atoms with Gasteiger partial charge in [0, 0.05) is 25.7 Å². The highest BCUT2D eigenvalue weighted by molar-refractivity contribution is 8.18. The fourth-order valence-corrected chi connectivity index (χ4v) is 3.26. The molecule has 1 aliphatic rings. The van der Waals surface area contributed by atoms with Gasteiger partial charge >= 0.3 is 0 Å². The quantitative estimate of drug-likeness (QED) is 0.813. The molecule has 0 saturated carbocycles. The van der Waals surface area contributed by atoms with Crippen molar-refractivity contribution in [2.45, 2.75) is 20.3 Å². The molecule has 1 fully saturated rings. The Morgan fingerprint density at radius 2 is 2.04 bits per heavy atom. The van der Waals surface area contributed by atoms with Gasteiger partial charge in [-0.2, -0.15) is 0 Å². The van der Waals surface area contributed by atoms with Gasteiger partial charge < -0.3 is 5.32 Å². The van der Waals surface area contributed by atoms with Crippen LogP contribution in [0.2, 0.25) is 0 Å². The minimum atomic E-state index is -0.245. The van der Waals surface area contributed by atoms with Gasteiger partial charge in [0.25, 0.3) is 5.91 Å². The second-order valence-corrected chi connectivity index (χ2v) is 5.95. The first-order chi connectivity index (χ1) is 11.2. The zero-order chi connectivity index (χ0) is 16.7. The number of amides is 2. The topological polar surface area (TPSA) is 61.8 Å². The van der Waals surface area contributed by atoms with Crippen LogP contribution in [0.15, 0.2) is 46.3 Å². The number of amidine groups is 1. The number of carbonyl (C=O) groups is 2. The summed E-state index contributed by atoms with van der Waals surface area (Å²) in [6.07, 6.45) is 2.14. The largest absolute Gasteiger partial charge is 0.352 e. The zero-order valence-corrected chi connectivity index (χ0v) is 14.2. The molecule has 6 heteroatoms. The second-order valence-electron chi connectivity index (χ2n) is 4.94. The Balaban J connectivity index is 1.92. The highest BCUT2D eigenvalue weighted by atomic mass is 32.2. The van der Waals surface area contributed by atoms with Gasteiger partial charge in [0.05, 0.1) is 4.91 Å². The summed E-state index contributed by atoms with van der Waals surface area (Å²) in [6, 6.07) is 9.95. The summed E-state index contributed by atoms with van der Waals surface area (Å²) in [5.74, 6) is -0.395. The van der Waals surface area contributed by atoms with Crippen LogP contribution < -0.4 is 5.32 Å². The lowest BCUT2D eigenvalue weighted by molar-refractivity contribution is -0.123. The molecule has 1 N–H and O–H groups in total. The van der Waals surface area contributed by atoms with E-state index in [4.69, 9.17) is 0 Å². The van der Waals surface area contributed by atoms with Crippen LogP contribution in [-0.2, 0) is 16.0 Å². The van der Waals surface area contributed by atoms with Crippen LogP contribution >= 0.6 is 11.8 Å². The number of aliphatic imine (C=N–C) groups is 1. The minimum Gasteiger partial charge on any atom is -0.352 e. The number of benzene rings is 1. The van der Waals surface area contributed by atoms with Crippen LogP contribution in [0.5, 0.6) is 0 Å². The van der Waals surface area contributed by atoms with Crippen molar-refractivity contribution in [1.82, 2.24) is 10.2 Å². The Morgan fingerprint density at radius 3 is 2.70 bits per heavy atom. The molecule has 2 amide bonds. The Bertz CT molecular complexity index is 626. The standard InChI is InChI=1S/C17H21N3O2S/c1-3-18-17-20(4-2)16(22)14(23-17)12-15(21)19-11-10-13-8-6-5-7-9-13/h5-9,12H,3-4,10-11H2,1-2H3,(H,19,21)/b14-12-,18-17?. The van der Waals surface area contributed by atoms with E-state index in [9.17, 15) is 9.59 Å². The molecular formula is C17H21N3O2S. The van der Waals surface area contributed by atoms with E-state index in [0.29, 0.717) is 29.7 Å². The summed E-state index contributed by atoms with van der Waals surface area (Å²) >= 11 is 1.26. The maximum absolute atomic E-state index is 12.2. The predicted octanol–water partition coefficient (Wildman–Crippen LogP) is 2.20. The molecule has 0 spiro atoms. The van der Waals surface area contributed by atoms with Crippen LogP contribution in [-0.4, -0.2) is 41.5 Å². The van der Waals surface area contributed by atoms with Crippen LogP contribution in [0.4, 0.5) is 0 Å². The third kappa shape index (κ3) is 4.69. The monoisotopic (exact) mass is 331 g/mol. The van der Waals surface area contributed by atoms with Crippen molar-refractivity contribution in [1.29, 1.82) is 0 Å². The number of thioether (sulfide) groups is 1. The first-order valence-electron chi connectivity index (χ1n) is 7.73. The number of hydrogen-bond donors (Lipinski definition) is 1. The summed E-state index contributed by atoms with van der Waals surface area (Å²) < 4.78 is 0. The van der Waals surface area contributed by atoms with Crippen LogP contribution in [0.25, 0.3) is 0 Å². The van der Waals surface area contributed by atoms with Crippen LogP contribution in [0, 0.1) is 0 Å². The average molecular weight is 331 g/mol. The van der Waals surface area contributed by atoms with Crippen molar-refractivity contribution in [3.05, 3.63) is 46.9 Å². The van der Waals surface area contributed by atoms with Crippen molar-refractivity contribution in [2.75, 3.05) is 19.6 Å². The third-order valence-electron chi connectivity index (χ3n) is 3.32. The lowest BCUT2D eigenvalue weighted by Gasteiger charge is -2.11. The lowest BCUT2D eigenvalue weighted by Crippen LogP contribution is -2.29. The normalized spacial score (nSPS) is 18.0. The molecule has 1 aliphatic heterocycles. The molecule has 2 rings (SSSR count). The lowest BCUT2D eigenvalue weighted by atomic mass is 10.1. The van der Waals surface area contributed by atoms with E-state index in [1.807, 2.05) is 44.2 Å². The highest BCUT2D eigenvalue weighted by Crippen LogP contribution is 2.30. The van der Waals surface area contributed by atoms with Crippen molar-refractivity contribution in [3.8, 4) is 0 Å². The highest BCUT2D eigenvalue weighted by Gasteiger charge is 2.32. The number of rotatable bonds is 6. The molecule has 5 nitrogen and oxygen atoms in total. The molecule has 122 valence electrons. The SMILES string of the molecule is CCN=C1S/C(=C\C(=O)NCCc2ccccc2)C(=O)N1CC. The van der Waals surface area contributed by atoms with Crippen LogP contribution in [0.3, 0.4) is 0 Å². The number of likely N-dealkylation sites (N-methyl/N-ethyl adjacent to an activating group) is 1. The van der Waals surface area contributed by atoms with Gasteiger partial charge in [-0.15, -0.1) is 0 Å². The van der Waals surface area contributed by atoms with E-state index in [2.05, 4.69) is 10.3 Å². The molecule has 1 saturated heterocycles. The molecule has 1 aromatic rings. The summed E-state index contributed by atoms with van der Waals surface area (Å²) in [7, 11) is 0. The Morgan fingerprint density at radius 1 is 1.30 bits per heavy atom. The third-order valence-corrected chi connectivity index (χ3v) is 4.36. The number of nitrogens with one attached hydrogen (secondary N) is 1. The molecular weight excluding hydrogens is 310 g/mol. The first kappa shape index (κ1) is 17.3. The van der Waals surface area contributed by atoms with E-state index in [1.54, 1.807) is 4.90 Å². The maximum atomic E-state index is 12.2. The van der Waals surface area contributed by atoms with Gasteiger partial charge in [-0.1, -0.05) is 30.3 Å². The van der Waals surface area contributed by atoms with Gasteiger partial charge in [0.2, 0.25) is 5.91 Å². The fraction of sp³-hybridized carbons (Fsp3) is 0.353. The molecule has 0 atom stereocenters. The molecule has 0 unspecified atom stereocenters. The van der Waals surface area contributed by atoms with Gasteiger partial charge in [0.15, 0.2) is 5.17 Å². The minimum absolute atomic E-state index is 0.150. The number of nitrogens with zero attached hydrogens (tertiary/aromatic N) is 2. The molecule has 0 aliphatic carbocycles. The number of carbonyl (C=O) groups excluding carboxylic acids is 2. The molecule has 0 aromatic heterocycles. The maximum Gasteiger partial charge on any atom is 0.266 e. The smallest absolute Gasteiger partial charge is 0.266 e. The predicted molar refractivity (Wildman–Crippen MR) is 94.2 cm³/mol. The molecule has 0 radical (unpaired) electrons. The van der Waals surface area contributed by atoms with E-state index in [-0.39, 0.29) is 11.8 Å². The first-order valence-corrected chi connectivity index (χ1v) is 8.55. The van der Waals surface area contributed by atoms with E-state index < -0.39 is 0 Å². The Kier molecular flexibility index (Phi) is 6.40. The molecule has 0 bridgehead atoms. The van der Waals surface area contributed by atoms with E-state index in [1.165, 1.54) is 23.4 Å². The van der Waals surface area contributed by atoms with Gasteiger partial charge in [-0.3, -0.25) is 19.5 Å². The van der Waals surface area contributed by atoms with E-state index in [0.717, 1.165) is 6.42 Å². The van der Waals surface area contributed by atoms with E-state index >= 15 is 0 Å². The van der Waals surface area contributed by atoms with Crippen molar-refractivity contribution in [3.63, 3.8) is 0 Å². The van der Waals surface area contributed by atoms with Gasteiger partial charge in [-0.05, 0) is 37.6 Å². The summed E-state index contributed by atoms with van der Waals surface area (Å²) in [5, 5.41) is 3.49. The summed E-state index contributed by atoms with van der Waals surface area (Å²) in [4.78, 5) is 30.5. The van der Waals surface area contributed by atoms with Crippen molar-refractivity contribution >= 4 is 28.7 Å². The fourth-order valence-electron chi connectivity index (χ4n) is 2.18. The Labute approximate surface area is 140 Å². The molecule has 1 heterocycles. The average Bonchev–Trinajstić information content (AvgIpc) is 2.84. The Hall–Kier alpha value is -2.08. The summed E-state index contributed by atoms with van der Waals surface area (Å²) in [6.45, 7) is 5.52. The van der Waals surface area contributed by atoms with Gasteiger partial charge in [0.1, 0.15) is 0 Å². The van der Waals surface area contributed by atoms with Crippen LogP contribution in [0.1, 0.15) is 19.4 Å². The molecule has 23 heavy (non-hydrogen) atoms. The van der Waals surface area contributed by atoms with Gasteiger partial charge in [-0.25, -0.2) is 0 Å². The summed E-state index contributed by atoms with van der Waals surface area (Å²) in [5.41, 5.74) is 1.17. The van der Waals surface area contributed by atoms with Crippen molar-refractivity contribution < 1.29 is 9.59 Å². The zero-order valence-electron chi connectivity index (χ0n) is 13.4. The molecule has 1 aromatic carbocycles. The number of hydrogen-bond acceptors (Lipinski definition) is 4.